The smallest absolute Gasteiger partial charge is 0.372 e. The highest BCUT2D eigenvalue weighted by Gasteiger charge is 2.34. The van der Waals surface area contributed by atoms with Gasteiger partial charge in [-0.3, -0.25) is 4.79 Å². The van der Waals surface area contributed by atoms with Gasteiger partial charge in [-0.1, -0.05) is 11.6 Å². The summed E-state index contributed by atoms with van der Waals surface area (Å²) in [5.41, 5.74) is -1.32. The van der Waals surface area contributed by atoms with Crippen LogP contribution in [0.15, 0.2) is 18.2 Å². The molecule has 1 aromatic rings. The van der Waals surface area contributed by atoms with Crippen LogP contribution in [0.5, 0.6) is 0 Å². The molecule has 3 nitrogen and oxygen atoms in total. The Balaban J connectivity index is 2.92. The van der Waals surface area contributed by atoms with Crippen molar-refractivity contribution in [1.82, 2.24) is 0 Å². The average Bonchev–Trinajstić information content (AvgIpc) is 2.27. The third kappa shape index (κ3) is 4.19. The van der Waals surface area contributed by atoms with Crippen LogP contribution < -0.4 is 5.32 Å². The lowest BCUT2D eigenvalue weighted by atomic mass is 10.1. The van der Waals surface area contributed by atoms with Crippen LogP contribution in [0.3, 0.4) is 0 Å². The lowest BCUT2D eigenvalue weighted by molar-refractivity contribution is -0.137. The molecular weight excluding hydrogens is 271 g/mol. The molecule has 0 unspecified atom stereocenters. The Morgan fingerprint density at radius 2 is 2.11 bits per heavy atom. The van der Waals surface area contributed by atoms with Crippen LogP contribution in [0.1, 0.15) is 12.5 Å². The number of benzene rings is 1. The molecular formula is C11H11ClF3NO2. The molecule has 100 valence electrons. The second-order valence-electron chi connectivity index (χ2n) is 3.37. The molecule has 0 bridgehead atoms. The first-order chi connectivity index (χ1) is 8.34. The van der Waals surface area contributed by atoms with Crippen molar-refractivity contribution in [3.8, 4) is 0 Å². The second kappa shape index (κ2) is 6.06. The van der Waals surface area contributed by atoms with Crippen molar-refractivity contribution in [2.45, 2.75) is 13.1 Å². The van der Waals surface area contributed by atoms with E-state index in [0.29, 0.717) is 6.61 Å². The van der Waals surface area contributed by atoms with Gasteiger partial charge in [0.15, 0.2) is 0 Å². The van der Waals surface area contributed by atoms with Crippen molar-refractivity contribution in [2.75, 3.05) is 18.5 Å². The fourth-order valence-corrected chi connectivity index (χ4v) is 1.41. The van der Waals surface area contributed by atoms with Crippen molar-refractivity contribution in [1.29, 1.82) is 0 Å². The van der Waals surface area contributed by atoms with Gasteiger partial charge in [0.25, 0.3) is 0 Å². The maximum Gasteiger partial charge on any atom is 0.418 e. The minimum absolute atomic E-state index is 0.0508. The van der Waals surface area contributed by atoms with Crippen molar-refractivity contribution < 1.29 is 22.7 Å². The van der Waals surface area contributed by atoms with E-state index in [-0.39, 0.29) is 17.3 Å². The number of alkyl halides is 3. The summed E-state index contributed by atoms with van der Waals surface area (Å²) in [5, 5.41) is 2.09. The summed E-state index contributed by atoms with van der Waals surface area (Å²) in [7, 11) is 0. The number of nitrogens with one attached hydrogen (secondary N) is 1. The highest BCUT2D eigenvalue weighted by Crippen LogP contribution is 2.36. The van der Waals surface area contributed by atoms with E-state index in [2.05, 4.69) is 5.32 Å². The highest BCUT2D eigenvalue weighted by atomic mass is 35.5. The monoisotopic (exact) mass is 281 g/mol. The maximum absolute atomic E-state index is 12.7. The van der Waals surface area contributed by atoms with Gasteiger partial charge in [-0.25, -0.2) is 0 Å². The molecule has 1 rings (SSSR count). The molecule has 18 heavy (non-hydrogen) atoms. The number of halogens is 4. The van der Waals surface area contributed by atoms with Gasteiger partial charge in [0.05, 0.1) is 11.3 Å². The zero-order valence-electron chi connectivity index (χ0n) is 9.47. The van der Waals surface area contributed by atoms with Crippen LogP contribution in [-0.2, 0) is 15.7 Å². The van der Waals surface area contributed by atoms with Crippen LogP contribution in [0, 0.1) is 0 Å². The molecule has 0 fully saturated rings. The first kappa shape index (κ1) is 14.8. The zero-order chi connectivity index (χ0) is 13.8. The number of carbonyl (C=O) groups is 1. The molecule has 0 aliphatic rings. The largest absolute Gasteiger partial charge is 0.418 e. The topological polar surface area (TPSA) is 38.3 Å². The van der Waals surface area contributed by atoms with Crippen molar-refractivity contribution in [3.63, 3.8) is 0 Å². The normalized spacial score (nSPS) is 11.4. The van der Waals surface area contributed by atoms with Crippen LogP contribution >= 0.6 is 11.6 Å². The molecule has 1 N–H and O–H groups in total. The molecule has 0 heterocycles. The summed E-state index contributed by atoms with van der Waals surface area (Å²) in [4.78, 5) is 11.3. The molecule has 0 atom stereocenters. The Morgan fingerprint density at radius 1 is 1.44 bits per heavy atom. The predicted molar refractivity (Wildman–Crippen MR) is 61.6 cm³/mol. The van der Waals surface area contributed by atoms with Gasteiger partial charge in [-0.2, -0.15) is 13.2 Å². The van der Waals surface area contributed by atoms with Crippen LogP contribution in [0.4, 0.5) is 18.9 Å². The van der Waals surface area contributed by atoms with E-state index in [0.717, 1.165) is 12.1 Å². The van der Waals surface area contributed by atoms with Gasteiger partial charge in [0.1, 0.15) is 6.61 Å². The maximum atomic E-state index is 12.7. The molecule has 0 aliphatic heterocycles. The molecule has 0 spiro atoms. The third-order valence-corrected chi connectivity index (χ3v) is 2.23. The van der Waals surface area contributed by atoms with Crippen LogP contribution in [-0.4, -0.2) is 19.1 Å². The van der Waals surface area contributed by atoms with E-state index < -0.39 is 17.6 Å². The Kier molecular flexibility index (Phi) is 4.98. The number of amides is 1. The molecule has 1 amide bonds. The SMILES string of the molecule is CCOCC(=O)Nc1ccc(Cl)cc1C(F)(F)F. The summed E-state index contributed by atoms with van der Waals surface area (Å²) in [6.45, 7) is 1.69. The lowest BCUT2D eigenvalue weighted by Crippen LogP contribution is -2.20. The minimum Gasteiger partial charge on any atom is -0.372 e. The van der Waals surface area contributed by atoms with E-state index in [9.17, 15) is 18.0 Å². The number of hydrogen-bond acceptors (Lipinski definition) is 2. The molecule has 7 heteroatoms. The fraction of sp³-hybridized carbons (Fsp3) is 0.364. The average molecular weight is 282 g/mol. The summed E-state index contributed by atoms with van der Waals surface area (Å²) in [6, 6.07) is 3.14. The summed E-state index contributed by atoms with van der Waals surface area (Å²) in [6.07, 6.45) is -4.58. The van der Waals surface area contributed by atoms with Crippen LogP contribution in [0.2, 0.25) is 5.02 Å². The number of ether oxygens (including phenoxy) is 1. The van der Waals surface area contributed by atoms with Gasteiger partial charge in [0, 0.05) is 11.6 Å². The summed E-state index contributed by atoms with van der Waals surface area (Å²) >= 11 is 5.51. The standard InChI is InChI=1S/C11H11ClF3NO2/c1-2-18-6-10(17)16-9-4-3-7(12)5-8(9)11(13,14)15/h3-5H,2,6H2,1H3,(H,16,17). The third-order valence-electron chi connectivity index (χ3n) is 2.00. The molecule has 1 aromatic carbocycles. The van der Waals surface area contributed by atoms with Gasteiger partial charge < -0.3 is 10.1 Å². The number of anilines is 1. The van der Waals surface area contributed by atoms with E-state index in [1.165, 1.54) is 6.07 Å². The van der Waals surface area contributed by atoms with Crippen molar-refractivity contribution in [2.24, 2.45) is 0 Å². The van der Waals surface area contributed by atoms with E-state index >= 15 is 0 Å². The molecule has 0 aliphatic carbocycles. The Bertz CT molecular complexity index is 435. The van der Waals surface area contributed by atoms with Crippen molar-refractivity contribution >= 4 is 23.2 Å². The Hall–Kier alpha value is -1.27. The molecule has 0 saturated heterocycles. The molecule has 0 saturated carbocycles. The number of hydrogen-bond donors (Lipinski definition) is 1. The van der Waals surface area contributed by atoms with Crippen molar-refractivity contribution in [3.05, 3.63) is 28.8 Å². The first-order valence-electron chi connectivity index (χ1n) is 5.09. The van der Waals surface area contributed by atoms with Crippen LogP contribution in [0.25, 0.3) is 0 Å². The Morgan fingerprint density at radius 3 is 2.67 bits per heavy atom. The highest BCUT2D eigenvalue weighted by molar-refractivity contribution is 6.30. The number of carbonyl (C=O) groups excluding carboxylic acids is 1. The number of rotatable bonds is 4. The van der Waals surface area contributed by atoms with Gasteiger partial charge in [-0.05, 0) is 25.1 Å². The second-order valence-corrected chi connectivity index (χ2v) is 3.81. The minimum atomic E-state index is -4.58. The zero-order valence-corrected chi connectivity index (χ0v) is 10.2. The van der Waals surface area contributed by atoms with E-state index in [1.807, 2.05) is 0 Å². The predicted octanol–water partition coefficient (Wildman–Crippen LogP) is 3.33. The van der Waals surface area contributed by atoms with Gasteiger partial charge in [0.2, 0.25) is 5.91 Å². The van der Waals surface area contributed by atoms with E-state index in [1.54, 1.807) is 6.92 Å². The summed E-state index contributed by atoms with van der Waals surface area (Å²) in [5.74, 6) is -0.648. The molecule has 0 aromatic heterocycles. The Labute approximate surface area is 107 Å². The molecule has 0 radical (unpaired) electrons. The van der Waals surface area contributed by atoms with E-state index in [4.69, 9.17) is 16.3 Å². The van der Waals surface area contributed by atoms with Gasteiger partial charge in [-0.15, -0.1) is 0 Å². The summed E-state index contributed by atoms with van der Waals surface area (Å²) < 4.78 is 42.9. The fourth-order valence-electron chi connectivity index (χ4n) is 1.24. The lowest BCUT2D eigenvalue weighted by Gasteiger charge is -2.14. The quantitative estimate of drug-likeness (QED) is 0.919. The first-order valence-corrected chi connectivity index (χ1v) is 5.46. The van der Waals surface area contributed by atoms with Gasteiger partial charge >= 0.3 is 6.18 Å².